The summed E-state index contributed by atoms with van der Waals surface area (Å²) in [6, 6.07) is 13.2. The molecule has 2 aromatic carbocycles. The maximum atomic E-state index is 12.0. The third-order valence-corrected chi connectivity index (χ3v) is 4.19. The van der Waals surface area contributed by atoms with Gasteiger partial charge in [0.2, 0.25) is 0 Å². The number of thiazole rings is 1. The van der Waals surface area contributed by atoms with Gasteiger partial charge in [-0.25, -0.2) is 9.78 Å². The van der Waals surface area contributed by atoms with Crippen LogP contribution in [0.2, 0.25) is 0 Å². The fourth-order valence-electron chi connectivity index (χ4n) is 2.21. The maximum Gasteiger partial charge on any atom is 0.325 e. The van der Waals surface area contributed by atoms with Gasteiger partial charge in [0.25, 0.3) is 0 Å². The largest absolute Gasteiger partial charge is 0.325 e. The summed E-state index contributed by atoms with van der Waals surface area (Å²) in [4.78, 5) is 16.4. The lowest BCUT2D eigenvalue weighted by atomic mass is 10.1. The van der Waals surface area contributed by atoms with E-state index in [1.165, 1.54) is 22.5 Å². The van der Waals surface area contributed by atoms with E-state index in [1.807, 2.05) is 43.3 Å². The molecule has 0 unspecified atom stereocenters. The average molecular weight is 297 g/mol. The number of carbonyl (C=O) groups is 1. The second-order valence-corrected chi connectivity index (χ2v) is 5.89. The van der Waals surface area contributed by atoms with Gasteiger partial charge in [-0.05, 0) is 43.2 Å². The summed E-state index contributed by atoms with van der Waals surface area (Å²) in [5, 5.41) is 6.17. The van der Waals surface area contributed by atoms with Gasteiger partial charge in [0.05, 0.1) is 10.2 Å². The van der Waals surface area contributed by atoms with E-state index in [-0.39, 0.29) is 6.03 Å². The number of aryl methyl sites for hydroxylation is 2. The van der Waals surface area contributed by atoms with Gasteiger partial charge >= 0.3 is 6.03 Å². The average Bonchev–Trinajstić information content (AvgIpc) is 2.82. The summed E-state index contributed by atoms with van der Waals surface area (Å²) < 4.78 is 1.11. The Morgan fingerprint density at radius 2 is 1.86 bits per heavy atom. The van der Waals surface area contributed by atoms with Crippen molar-refractivity contribution in [2.75, 3.05) is 10.6 Å². The molecular formula is C16H15N3OS. The topological polar surface area (TPSA) is 54.0 Å². The number of nitrogens with zero attached hydrogens (tertiary/aromatic N) is 1. The predicted molar refractivity (Wildman–Crippen MR) is 88.2 cm³/mol. The Bertz CT molecular complexity index is 796. The third kappa shape index (κ3) is 3.03. The van der Waals surface area contributed by atoms with Crippen molar-refractivity contribution in [2.24, 2.45) is 0 Å². The van der Waals surface area contributed by atoms with Crippen LogP contribution in [0, 0.1) is 13.8 Å². The first-order chi connectivity index (χ1) is 10.1. The minimum absolute atomic E-state index is 0.283. The highest BCUT2D eigenvalue weighted by Gasteiger charge is 2.09. The Morgan fingerprint density at radius 3 is 2.62 bits per heavy atom. The Hall–Kier alpha value is -2.40. The van der Waals surface area contributed by atoms with Gasteiger partial charge in [0.15, 0.2) is 5.13 Å². The minimum Gasteiger partial charge on any atom is -0.308 e. The molecule has 0 fully saturated rings. The van der Waals surface area contributed by atoms with E-state index >= 15 is 0 Å². The minimum atomic E-state index is -0.283. The number of nitrogens with one attached hydrogen (secondary N) is 2. The summed E-state index contributed by atoms with van der Waals surface area (Å²) in [6.45, 7) is 4.10. The second kappa shape index (κ2) is 5.54. The van der Waals surface area contributed by atoms with Crippen LogP contribution in [-0.4, -0.2) is 11.0 Å². The number of hydrogen-bond acceptors (Lipinski definition) is 3. The number of fused-ring (bicyclic) bond motifs is 1. The molecule has 0 spiro atoms. The van der Waals surface area contributed by atoms with Crippen molar-refractivity contribution in [3.63, 3.8) is 0 Å². The van der Waals surface area contributed by atoms with Crippen molar-refractivity contribution in [2.45, 2.75) is 13.8 Å². The summed E-state index contributed by atoms with van der Waals surface area (Å²) in [5.74, 6) is 0. The molecule has 2 N–H and O–H groups in total. The van der Waals surface area contributed by atoms with Crippen LogP contribution >= 0.6 is 11.3 Å². The first kappa shape index (κ1) is 13.6. The van der Waals surface area contributed by atoms with Crippen LogP contribution in [0.1, 0.15) is 11.1 Å². The lowest BCUT2D eigenvalue weighted by molar-refractivity contribution is 0.262. The number of amides is 2. The first-order valence-electron chi connectivity index (χ1n) is 6.62. The molecular weight excluding hydrogens is 282 g/mol. The molecule has 21 heavy (non-hydrogen) atoms. The Labute approximate surface area is 126 Å². The SMILES string of the molecule is Cc1cc(C)c2sc(NC(=O)Nc3ccccc3)nc2c1. The van der Waals surface area contributed by atoms with E-state index in [2.05, 4.69) is 28.6 Å². The molecule has 0 radical (unpaired) electrons. The molecule has 0 atom stereocenters. The lowest BCUT2D eigenvalue weighted by Crippen LogP contribution is -2.19. The summed E-state index contributed by atoms with van der Waals surface area (Å²) >= 11 is 1.49. The lowest BCUT2D eigenvalue weighted by Gasteiger charge is -2.04. The number of rotatable bonds is 2. The van der Waals surface area contributed by atoms with Crippen LogP contribution in [0.25, 0.3) is 10.2 Å². The normalized spacial score (nSPS) is 10.6. The number of hydrogen-bond donors (Lipinski definition) is 2. The van der Waals surface area contributed by atoms with Crippen molar-refractivity contribution >= 4 is 38.4 Å². The van der Waals surface area contributed by atoms with Crippen molar-refractivity contribution in [1.82, 2.24) is 4.98 Å². The van der Waals surface area contributed by atoms with Crippen molar-refractivity contribution < 1.29 is 4.79 Å². The van der Waals surface area contributed by atoms with Crippen LogP contribution in [0.5, 0.6) is 0 Å². The van der Waals surface area contributed by atoms with Gasteiger partial charge in [-0.15, -0.1) is 0 Å². The van der Waals surface area contributed by atoms with Crippen LogP contribution in [-0.2, 0) is 0 Å². The molecule has 1 aromatic heterocycles. The number of benzene rings is 2. The highest BCUT2D eigenvalue weighted by Crippen LogP contribution is 2.29. The van der Waals surface area contributed by atoms with Crippen LogP contribution in [0.4, 0.5) is 15.6 Å². The molecule has 3 aromatic rings. The second-order valence-electron chi connectivity index (χ2n) is 4.89. The van der Waals surface area contributed by atoms with Crippen molar-refractivity contribution in [3.05, 3.63) is 53.6 Å². The number of urea groups is 1. The van der Waals surface area contributed by atoms with Gasteiger partial charge < -0.3 is 5.32 Å². The molecule has 1 heterocycles. The van der Waals surface area contributed by atoms with Crippen LogP contribution in [0.15, 0.2) is 42.5 Å². The van der Waals surface area contributed by atoms with E-state index in [4.69, 9.17) is 0 Å². The zero-order chi connectivity index (χ0) is 14.8. The molecule has 106 valence electrons. The van der Waals surface area contributed by atoms with Crippen LogP contribution in [0.3, 0.4) is 0 Å². The third-order valence-electron chi connectivity index (χ3n) is 3.07. The molecule has 0 bridgehead atoms. The summed E-state index contributed by atoms with van der Waals surface area (Å²) in [5.41, 5.74) is 4.03. The zero-order valence-electron chi connectivity index (χ0n) is 11.8. The summed E-state index contributed by atoms with van der Waals surface area (Å²) in [7, 11) is 0. The van der Waals surface area contributed by atoms with Crippen molar-refractivity contribution in [1.29, 1.82) is 0 Å². The van der Waals surface area contributed by atoms with E-state index < -0.39 is 0 Å². The van der Waals surface area contributed by atoms with Gasteiger partial charge in [0.1, 0.15) is 0 Å². The van der Waals surface area contributed by atoms with Crippen molar-refractivity contribution in [3.8, 4) is 0 Å². The van der Waals surface area contributed by atoms with E-state index in [0.717, 1.165) is 15.9 Å². The molecule has 2 amide bonds. The smallest absolute Gasteiger partial charge is 0.308 e. The standard InChI is InChI=1S/C16H15N3OS/c1-10-8-11(2)14-13(9-10)18-16(21-14)19-15(20)17-12-6-4-3-5-7-12/h3-9H,1-2H3,(H2,17,18,19,20). The molecule has 4 nitrogen and oxygen atoms in total. The molecule has 0 saturated carbocycles. The van der Waals surface area contributed by atoms with Gasteiger partial charge in [-0.3, -0.25) is 5.32 Å². The predicted octanol–water partition coefficient (Wildman–Crippen LogP) is 4.56. The van der Waals surface area contributed by atoms with Crippen LogP contribution < -0.4 is 10.6 Å². The van der Waals surface area contributed by atoms with Gasteiger partial charge in [-0.2, -0.15) is 0 Å². The fourth-order valence-corrected chi connectivity index (χ4v) is 3.12. The number of carbonyl (C=O) groups excluding carboxylic acids is 1. The Morgan fingerprint density at radius 1 is 1.10 bits per heavy atom. The molecule has 3 rings (SSSR count). The molecule has 0 aliphatic carbocycles. The summed E-state index contributed by atoms with van der Waals surface area (Å²) in [6.07, 6.45) is 0. The Kier molecular flexibility index (Phi) is 3.58. The molecule has 0 saturated heterocycles. The van der Waals surface area contributed by atoms with Gasteiger partial charge in [0, 0.05) is 5.69 Å². The van der Waals surface area contributed by atoms with Gasteiger partial charge in [-0.1, -0.05) is 35.6 Å². The zero-order valence-corrected chi connectivity index (χ0v) is 12.6. The first-order valence-corrected chi connectivity index (χ1v) is 7.44. The van der Waals surface area contributed by atoms with E-state index in [0.29, 0.717) is 5.13 Å². The molecule has 0 aliphatic heterocycles. The maximum absolute atomic E-state index is 12.0. The number of aromatic nitrogens is 1. The number of anilines is 2. The van der Waals surface area contributed by atoms with E-state index in [9.17, 15) is 4.79 Å². The highest BCUT2D eigenvalue weighted by molar-refractivity contribution is 7.22. The van der Waals surface area contributed by atoms with E-state index in [1.54, 1.807) is 0 Å². The molecule has 5 heteroatoms. The fraction of sp³-hybridized carbons (Fsp3) is 0.125. The molecule has 0 aliphatic rings. The monoisotopic (exact) mass is 297 g/mol. The quantitative estimate of drug-likeness (QED) is 0.728. The highest BCUT2D eigenvalue weighted by atomic mass is 32.1. The number of para-hydroxylation sites is 1. The Balaban J connectivity index is 1.79.